The number of fused-ring (bicyclic) bond motifs is 1. The molecule has 3 rings (SSSR count). The van der Waals surface area contributed by atoms with Gasteiger partial charge in [0.05, 0.1) is 0 Å². The third kappa shape index (κ3) is 1.89. The van der Waals surface area contributed by atoms with Crippen molar-refractivity contribution < 1.29 is 9.52 Å². The van der Waals surface area contributed by atoms with Crippen LogP contribution in [0, 0.1) is 11.8 Å². The van der Waals surface area contributed by atoms with Gasteiger partial charge in [0, 0.05) is 18.0 Å². The van der Waals surface area contributed by atoms with Crippen LogP contribution in [0.15, 0.2) is 47.1 Å². The van der Waals surface area contributed by atoms with Gasteiger partial charge in [-0.2, -0.15) is 4.98 Å². The molecule has 1 N–H and O–H groups in total. The van der Waals surface area contributed by atoms with Gasteiger partial charge in [-0.05, 0) is 30.2 Å². The SMILES string of the molecule is Oc1cccc2oc(C#Cc3cccnc3)nc12. The molecule has 86 valence electrons. The quantitative estimate of drug-likeness (QED) is 0.608. The van der Waals surface area contributed by atoms with Crippen molar-refractivity contribution in [2.45, 2.75) is 0 Å². The number of phenolic OH excluding ortho intramolecular Hbond substituents is 1. The van der Waals surface area contributed by atoms with Gasteiger partial charge in [0.15, 0.2) is 11.1 Å². The van der Waals surface area contributed by atoms with Crippen LogP contribution in [0.2, 0.25) is 0 Å². The highest BCUT2D eigenvalue weighted by atomic mass is 16.3. The van der Waals surface area contributed by atoms with Crippen LogP contribution in [0.5, 0.6) is 5.75 Å². The second-order valence-corrected chi connectivity index (χ2v) is 3.63. The molecule has 2 heterocycles. The van der Waals surface area contributed by atoms with Crippen molar-refractivity contribution >= 4 is 11.1 Å². The minimum Gasteiger partial charge on any atom is -0.506 e. The van der Waals surface area contributed by atoms with Crippen molar-refractivity contribution in [3.05, 3.63) is 54.2 Å². The summed E-state index contributed by atoms with van der Waals surface area (Å²) in [4.78, 5) is 8.08. The van der Waals surface area contributed by atoms with Crippen LogP contribution in [0.1, 0.15) is 11.5 Å². The molecule has 0 radical (unpaired) electrons. The van der Waals surface area contributed by atoms with Gasteiger partial charge in [0.25, 0.3) is 5.89 Å². The van der Waals surface area contributed by atoms with Gasteiger partial charge in [0.2, 0.25) is 0 Å². The Morgan fingerprint density at radius 1 is 1.11 bits per heavy atom. The average molecular weight is 236 g/mol. The largest absolute Gasteiger partial charge is 0.506 e. The zero-order valence-electron chi connectivity index (χ0n) is 9.29. The molecule has 2 aromatic heterocycles. The van der Waals surface area contributed by atoms with E-state index in [2.05, 4.69) is 21.8 Å². The molecule has 0 aliphatic rings. The summed E-state index contributed by atoms with van der Waals surface area (Å²) in [6, 6.07) is 8.64. The number of benzene rings is 1. The first-order valence-corrected chi connectivity index (χ1v) is 5.33. The predicted molar refractivity (Wildman–Crippen MR) is 65.9 cm³/mol. The molecule has 0 aliphatic heterocycles. The Balaban J connectivity index is 2.02. The minimum atomic E-state index is 0.0886. The van der Waals surface area contributed by atoms with Crippen molar-refractivity contribution in [3.63, 3.8) is 0 Å². The molecule has 1 aromatic carbocycles. The summed E-state index contributed by atoms with van der Waals surface area (Å²) in [7, 11) is 0. The van der Waals surface area contributed by atoms with Gasteiger partial charge >= 0.3 is 0 Å². The van der Waals surface area contributed by atoms with E-state index in [4.69, 9.17) is 4.42 Å². The number of hydrogen-bond acceptors (Lipinski definition) is 4. The normalized spacial score (nSPS) is 10.0. The van der Waals surface area contributed by atoms with Crippen LogP contribution < -0.4 is 0 Å². The lowest BCUT2D eigenvalue weighted by Gasteiger charge is -1.87. The molecule has 0 fully saturated rings. The molecule has 18 heavy (non-hydrogen) atoms. The number of pyridine rings is 1. The van der Waals surface area contributed by atoms with E-state index in [-0.39, 0.29) is 11.6 Å². The molecule has 0 spiro atoms. The van der Waals surface area contributed by atoms with Gasteiger partial charge in [-0.15, -0.1) is 0 Å². The molecular weight excluding hydrogens is 228 g/mol. The van der Waals surface area contributed by atoms with E-state index in [1.165, 1.54) is 0 Å². The Hall–Kier alpha value is -2.80. The lowest BCUT2D eigenvalue weighted by Crippen LogP contribution is -1.76. The smallest absolute Gasteiger partial charge is 0.274 e. The van der Waals surface area contributed by atoms with Crippen LogP contribution >= 0.6 is 0 Å². The van der Waals surface area contributed by atoms with E-state index in [0.717, 1.165) is 5.56 Å². The maximum Gasteiger partial charge on any atom is 0.274 e. The maximum atomic E-state index is 9.59. The summed E-state index contributed by atoms with van der Waals surface area (Å²) >= 11 is 0. The van der Waals surface area contributed by atoms with Crippen LogP contribution in [-0.4, -0.2) is 15.1 Å². The second-order valence-electron chi connectivity index (χ2n) is 3.63. The summed E-state index contributed by atoms with van der Waals surface area (Å²) in [5, 5.41) is 9.59. The number of aromatic nitrogens is 2. The second kappa shape index (κ2) is 4.22. The van der Waals surface area contributed by atoms with Crippen molar-refractivity contribution in [3.8, 4) is 17.6 Å². The highest BCUT2D eigenvalue weighted by Gasteiger charge is 2.06. The van der Waals surface area contributed by atoms with Crippen molar-refractivity contribution in [2.75, 3.05) is 0 Å². The van der Waals surface area contributed by atoms with Gasteiger partial charge in [-0.3, -0.25) is 4.98 Å². The van der Waals surface area contributed by atoms with Crippen LogP contribution in [0.3, 0.4) is 0 Å². The molecule has 0 amide bonds. The zero-order chi connectivity index (χ0) is 12.4. The van der Waals surface area contributed by atoms with E-state index in [1.807, 2.05) is 12.1 Å². The first-order valence-electron chi connectivity index (χ1n) is 5.33. The molecular formula is C14H8N2O2. The summed E-state index contributed by atoms with van der Waals surface area (Å²) in [5.74, 6) is 6.05. The summed E-state index contributed by atoms with van der Waals surface area (Å²) in [5.41, 5.74) is 1.72. The molecule has 0 aliphatic carbocycles. The van der Waals surface area contributed by atoms with Crippen LogP contribution in [-0.2, 0) is 0 Å². The predicted octanol–water partition coefficient (Wildman–Crippen LogP) is 2.33. The van der Waals surface area contributed by atoms with E-state index in [9.17, 15) is 5.11 Å². The summed E-state index contributed by atoms with van der Waals surface area (Å²) in [6.07, 6.45) is 3.34. The topological polar surface area (TPSA) is 59.2 Å². The van der Waals surface area contributed by atoms with Gasteiger partial charge in [0.1, 0.15) is 5.75 Å². The molecule has 0 saturated carbocycles. The molecule has 0 saturated heterocycles. The zero-order valence-corrected chi connectivity index (χ0v) is 9.29. The van der Waals surface area contributed by atoms with E-state index >= 15 is 0 Å². The molecule has 3 aromatic rings. The van der Waals surface area contributed by atoms with Crippen molar-refractivity contribution in [1.82, 2.24) is 9.97 Å². The Morgan fingerprint density at radius 3 is 2.83 bits per heavy atom. The molecule has 0 atom stereocenters. The monoisotopic (exact) mass is 236 g/mol. The Kier molecular flexibility index (Phi) is 2.43. The van der Waals surface area contributed by atoms with Gasteiger partial charge in [-0.25, -0.2) is 0 Å². The number of phenols is 1. The molecule has 0 unspecified atom stereocenters. The van der Waals surface area contributed by atoms with E-state index < -0.39 is 0 Å². The Bertz CT molecular complexity index is 752. The first-order chi connectivity index (χ1) is 8.83. The number of rotatable bonds is 0. The number of hydrogen-bond donors (Lipinski definition) is 1. The number of oxazole rings is 1. The first kappa shape index (κ1) is 10.4. The lowest BCUT2D eigenvalue weighted by atomic mass is 10.3. The standard InChI is InChI=1S/C14H8N2O2/c17-11-4-1-5-12-14(11)16-13(18-12)7-6-10-3-2-8-15-9-10/h1-5,8-9,17H. The average Bonchev–Trinajstić information content (AvgIpc) is 2.82. The fraction of sp³-hybridized carbons (Fsp3) is 0. The van der Waals surface area contributed by atoms with E-state index in [0.29, 0.717) is 11.1 Å². The van der Waals surface area contributed by atoms with Crippen LogP contribution in [0.25, 0.3) is 11.1 Å². The van der Waals surface area contributed by atoms with Crippen LogP contribution in [0.4, 0.5) is 0 Å². The summed E-state index contributed by atoms with van der Waals surface area (Å²) < 4.78 is 5.41. The molecule has 0 bridgehead atoms. The van der Waals surface area contributed by atoms with E-state index in [1.54, 1.807) is 30.6 Å². The van der Waals surface area contributed by atoms with Gasteiger partial charge < -0.3 is 9.52 Å². The fourth-order valence-electron chi connectivity index (χ4n) is 1.55. The van der Waals surface area contributed by atoms with Crippen molar-refractivity contribution in [1.29, 1.82) is 0 Å². The number of aromatic hydroxyl groups is 1. The maximum absolute atomic E-state index is 9.59. The van der Waals surface area contributed by atoms with Gasteiger partial charge in [-0.1, -0.05) is 12.0 Å². The summed E-state index contributed by atoms with van der Waals surface area (Å²) in [6.45, 7) is 0. The number of para-hydroxylation sites is 1. The fourth-order valence-corrected chi connectivity index (χ4v) is 1.55. The molecule has 4 nitrogen and oxygen atoms in total. The number of nitrogens with zero attached hydrogens (tertiary/aromatic N) is 2. The minimum absolute atomic E-state index is 0.0886. The molecule has 4 heteroatoms. The highest BCUT2D eigenvalue weighted by molar-refractivity contribution is 5.79. The lowest BCUT2D eigenvalue weighted by molar-refractivity contribution is 0.480. The van der Waals surface area contributed by atoms with Crippen molar-refractivity contribution in [2.24, 2.45) is 0 Å². The Labute approximate surface area is 103 Å². The Morgan fingerprint density at radius 2 is 2.06 bits per heavy atom. The highest BCUT2D eigenvalue weighted by Crippen LogP contribution is 2.23. The third-order valence-electron chi connectivity index (χ3n) is 2.37. The third-order valence-corrected chi connectivity index (χ3v) is 2.37.